The molecule has 0 radical (unpaired) electrons. The highest BCUT2D eigenvalue weighted by atomic mass is 19.1. The third-order valence-electron chi connectivity index (χ3n) is 1.42. The zero-order valence-electron chi connectivity index (χ0n) is 6.99. The van der Waals surface area contributed by atoms with Crippen molar-refractivity contribution in [3.05, 3.63) is 35.1 Å². The first-order chi connectivity index (χ1) is 6.27. The van der Waals surface area contributed by atoms with E-state index in [1.807, 2.05) is 0 Å². The summed E-state index contributed by atoms with van der Waals surface area (Å²) in [6.45, 7) is 0. The van der Waals surface area contributed by atoms with E-state index in [2.05, 4.69) is 9.99 Å². The molecule has 3 nitrogen and oxygen atoms in total. The van der Waals surface area contributed by atoms with E-state index in [9.17, 15) is 4.39 Å². The van der Waals surface area contributed by atoms with Crippen LogP contribution in [-0.4, -0.2) is 13.3 Å². The summed E-state index contributed by atoms with van der Waals surface area (Å²) in [6.07, 6.45) is 1.40. The number of hydrogen-bond acceptors (Lipinski definition) is 3. The lowest BCUT2D eigenvalue weighted by atomic mass is 10.1. The van der Waals surface area contributed by atoms with Crippen molar-refractivity contribution in [3.8, 4) is 6.07 Å². The van der Waals surface area contributed by atoms with Crippen molar-refractivity contribution >= 4 is 6.21 Å². The molecular formula is C9H7FN2O. The SMILES string of the molecule is CON=Cc1ccc(F)c(C#N)c1. The fourth-order valence-corrected chi connectivity index (χ4v) is 0.822. The molecule has 0 fully saturated rings. The van der Waals surface area contributed by atoms with Gasteiger partial charge in [0, 0.05) is 0 Å². The largest absolute Gasteiger partial charge is 0.399 e. The van der Waals surface area contributed by atoms with Gasteiger partial charge < -0.3 is 4.84 Å². The number of benzene rings is 1. The van der Waals surface area contributed by atoms with Crippen LogP contribution >= 0.6 is 0 Å². The standard InChI is InChI=1S/C9H7FN2O/c1-13-12-6-7-2-3-9(10)8(4-7)5-11/h2-4,6H,1H3. The molecule has 0 atom stereocenters. The predicted octanol–water partition coefficient (Wildman–Crippen LogP) is 1.68. The Kier molecular flexibility index (Phi) is 2.98. The molecule has 0 aliphatic rings. The molecule has 4 heteroatoms. The van der Waals surface area contributed by atoms with Crippen LogP contribution in [0.3, 0.4) is 0 Å². The molecule has 0 unspecified atom stereocenters. The molecule has 0 N–H and O–H groups in total. The average Bonchev–Trinajstić information content (AvgIpc) is 2.16. The molecule has 0 bridgehead atoms. The molecule has 0 amide bonds. The van der Waals surface area contributed by atoms with Crippen molar-refractivity contribution in [2.75, 3.05) is 7.11 Å². The smallest absolute Gasteiger partial charge is 0.140 e. The number of rotatable bonds is 2. The van der Waals surface area contributed by atoms with Gasteiger partial charge in [-0.3, -0.25) is 0 Å². The van der Waals surface area contributed by atoms with Crippen molar-refractivity contribution in [2.24, 2.45) is 5.16 Å². The molecule has 13 heavy (non-hydrogen) atoms. The molecule has 0 heterocycles. The van der Waals surface area contributed by atoms with Crippen LogP contribution in [0.2, 0.25) is 0 Å². The quantitative estimate of drug-likeness (QED) is 0.510. The molecule has 1 rings (SSSR count). The van der Waals surface area contributed by atoms with E-state index in [0.717, 1.165) is 0 Å². The van der Waals surface area contributed by atoms with Gasteiger partial charge in [0.15, 0.2) is 0 Å². The Labute approximate surface area is 75.0 Å². The Hall–Kier alpha value is -1.89. The van der Waals surface area contributed by atoms with E-state index < -0.39 is 5.82 Å². The second-order valence-electron chi connectivity index (χ2n) is 2.27. The lowest BCUT2D eigenvalue weighted by molar-refractivity contribution is 0.215. The zero-order chi connectivity index (χ0) is 9.68. The summed E-state index contributed by atoms with van der Waals surface area (Å²) in [6, 6.07) is 5.87. The summed E-state index contributed by atoms with van der Waals surface area (Å²) < 4.78 is 12.8. The lowest BCUT2D eigenvalue weighted by Gasteiger charge is -1.94. The summed E-state index contributed by atoms with van der Waals surface area (Å²) in [4.78, 5) is 4.44. The minimum Gasteiger partial charge on any atom is -0.399 e. The van der Waals surface area contributed by atoms with Crippen molar-refractivity contribution in [3.63, 3.8) is 0 Å². The first-order valence-electron chi connectivity index (χ1n) is 3.54. The second kappa shape index (κ2) is 4.21. The highest BCUT2D eigenvalue weighted by Crippen LogP contribution is 2.07. The van der Waals surface area contributed by atoms with Crippen LogP contribution in [0, 0.1) is 17.1 Å². The molecule has 0 spiro atoms. The van der Waals surface area contributed by atoms with Crippen LogP contribution in [-0.2, 0) is 4.84 Å². The van der Waals surface area contributed by atoms with Crippen LogP contribution in [0.4, 0.5) is 4.39 Å². The molecule has 0 aromatic heterocycles. The van der Waals surface area contributed by atoms with E-state index in [-0.39, 0.29) is 5.56 Å². The Morgan fingerprint density at radius 1 is 1.62 bits per heavy atom. The van der Waals surface area contributed by atoms with Gasteiger partial charge in [-0.2, -0.15) is 5.26 Å². The second-order valence-corrected chi connectivity index (χ2v) is 2.27. The Morgan fingerprint density at radius 2 is 2.38 bits per heavy atom. The van der Waals surface area contributed by atoms with Crippen molar-refractivity contribution in [2.45, 2.75) is 0 Å². The van der Waals surface area contributed by atoms with Gasteiger partial charge in [-0.15, -0.1) is 0 Å². The molecule has 0 aliphatic heterocycles. The molecule has 66 valence electrons. The van der Waals surface area contributed by atoms with Gasteiger partial charge in [-0.05, 0) is 17.7 Å². The Morgan fingerprint density at radius 3 is 3.00 bits per heavy atom. The summed E-state index contributed by atoms with van der Waals surface area (Å²) >= 11 is 0. The van der Waals surface area contributed by atoms with Crippen molar-refractivity contribution < 1.29 is 9.23 Å². The van der Waals surface area contributed by atoms with E-state index in [1.165, 1.54) is 31.5 Å². The maximum Gasteiger partial charge on any atom is 0.140 e. The van der Waals surface area contributed by atoms with E-state index in [0.29, 0.717) is 5.56 Å². The Bertz CT molecular complexity index is 368. The van der Waals surface area contributed by atoms with Crippen LogP contribution in [0.25, 0.3) is 0 Å². The van der Waals surface area contributed by atoms with Crippen LogP contribution < -0.4 is 0 Å². The maximum atomic E-state index is 12.8. The lowest BCUT2D eigenvalue weighted by Crippen LogP contribution is -1.88. The molecular weight excluding hydrogens is 171 g/mol. The van der Waals surface area contributed by atoms with Crippen molar-refractivity contribution in [1.82, 2.24) is 0 Å². The summed E-state index contributed by atoms with van der Waals surface area (Å²) in [7, 11) is 1.41. The topological polar surface area (TPSA) is 45.4 Å². The minimum atomic E-state index is -0.530. The van der Waals surface area contributed by atoms with Gasteiger partial charge in [0.2, 0.25) is 0 Å². The van der Waals surface area contributed by atoms with Gasteiger partial charge in [0.05, 0.1) is 11.8 Å². The van der Waals surface area contributed by atoms with Crippen LogP contribution in [0.5, 0.6) is 0 Å². The molecule has 0 saturated heterocycles. The highest BCUT2D eigenvalue weighted by molar-refractivity contribution is 5.79. The first kappa shape index (κ1) is 9.20. The van der Waals surface area contributed by atoms with Gasteiger partial charge in [-0.25, -0.2) is 4.39 Å². The molecule has 0 aliphatic carbocycles. The van der Waals surface area contributed by atoms with Gasteiger partial charge in [0.25, 0.3) is 0 Å². The number of hydrogen-bond donors (Lipinski definition) is 0. The average molecular weight is 178 g/mol. The summed E-state index contributed by atoms with van der Waals surface area (Å²) in [5.41, 5.74) is 0.625. The zero-order valence-corrected chi connectivity index (χ0v) is 6.99. The number of halogens is 1. The molecule has 1 aromatic rings. The van der Waals surface area contributed by atoms with Crippen LogP contribution in [0.1, 0.15) is 11.1 Å². The van der Waals surface area contributed by atoms with Gasteiger partial charge in [0.1, 0.15) is 19.0 Å². The predicted molar refractivity (Wildman–Crippen MR) is 45.7 cm³/mol. The normalized spacial score (nSPS) is 9.92. The van der Waals surface area contributed by atoms with Crippen molar-refractivity contribution in [1.29, 1.82) is 5.26 Å². The number of nitriles is 1. The molecule has 1 aromatic carbocycles. The number of oxime groups is 1. The summed E-state index contributed by atoms with van der Waals surface area (Å²) in [5, 5.41) is 12.0. The third kappa shape index (κ3) is 2.27. The van der Waals surface area contributed by atoms with E-state index >= 15 is 0 Å². The highest BCUT2D eigenvalue weighted by Gasteiger charge is 2.00. The fraction of sp³-hybridized carbons (Fsp3) is 0.111. The maximum absolute atomic E-state index is 12.8. The molecule has 0 saturated carbocycles. The van der Waals surface area contributed by atoms with E-state index in [1.54, 1.807) is 6.07 Å². The minimum absolute atomic E-state index is 0.0000491. The Balaban J connectivity index is 3.01. The van der Waals surface area contributed by atoms with Gasteiger partial charge >= 0.3 is 0 Å². The third-order valence-corrected chi connectivity index (χ3v) is 1.42. The first-order valence-corrected chi connectivity index (χ1v) is 3.54. The fourth-order valence-electron chi connectivity index (χ4n) is 0.822. The number of nitrogens with zero attached hydrogens (tertiary/aromatic N) is 2. The van der Waals surface area contributed by atoms with E-state index in [4.69, 9.17) is 5.26 Å². The van der Waals surface area contributed by atoms with Gasteiger partial charge in [-0.1, -0.05) is 11.2 Å². The monoisotopic (exact) mass is 178 g/mol. The van der Waals surface area contributed by atoms with Crippen LogP contribution in [0.15, 0.2) is 23.4 Å². The summed E-state index contributed by atoms with van der Waals surface area (Å²) in [5.74, 6) is -0.530.